The summed E-state index contributed by atoms with van der Waals surface area (Å²) in [7, 11) is 0. The molecule has 0 aromatic heterocycles. The average molecular weight is 163 g/mol. The van der Waals surface area contributed by atoms with Crippen LogP contribution in [-0.4, -0.2) is 45.8 Å². The summed E-state index contributed by atoms with van der Waals surface area (Å²) in [5, 5.41) is 26.6. The summed E-state index contributed by atoms with van der Waals surface area (Å²) >= 11 is 0. The number of rotatable bonds is 1. The van der Waals surface area contributed by atoms with Crippen molar-refractivity contribution >= 4 is 5.91 Å². The van der Waals surface area contributed by atoms with Gasteiger partial charge in [-0.1, -0.05) is 0 Å². The molecule has 4 atom stereocenters. The van der Waals surface area contributed by atoms with Crippen LogP contribution in [0, 0.1) is 0 Å². The van der Waals surface area contributed by atoms with Crippen LogP contribution in [0.3, 0.4) is 0 Å². The van der Waals surface area contributed by atoms with E-state index in [0.29, 0.717) is 0 Å². The Labute approximate surface area is 62.2 Å². The van der Waals surface area contributed by atoms with Crippen molar-refractivity contribution in [3.05, 3.63) is 0 Å². The summed E-state index contributed by atoms with van der Waals surface area (Å²) in [5.41, 5.74) is 4.77. The smallest absolute Gasteiger partial charge is 0.249 e. The van der Waals surface area contributed by atoms with Crippen molar-refractivity contribution in [3.8, 4) is 0 Å². The van der Waals surface area contributed by atoms with E-state index in [-0.39, 0.29) is 0 Å². The van der Waals surface area contributed by atoms with E-state index in [9.17, 15) is 4.79 Å². The zero-order valence-electron chi connectivity index (χ0n) is 5.54. The molecule has 6 nitrogen and oxygen atoms in total. The molecule has 0 aliphatic carbocycles. The molecule has 1 rings (SSSR count). The van der Waals surface area contributed by atoms with Gasteiger partial charge in [0.2, 0.25) is 5.91 Å². The molecule has 0 bridgehead atoms. The quantitative estimate of drug-likeness (QED) is 0.327. The van der Waals surface area contributed by atoms with Crippen LogP contribution in [0.4, 0.5) is 0 Å². The standard InChI is InChI=1S/C5H9NO5/c6-4(9)3-1(7)2(8)5(10)11-3/h1-3,5,7-8,10H,(H2,6,9)/t1-,2+,3-,5?/m0/s1. The van der Waals surface area contributed by atoms with E-state index in [1.165, 1.54) is 0 Å². The molecule has 1 aliphatic heterocycles. The van der Waals surface area contributed by atoms with Crippen LogP contribution in [0.25, 0.3) is 0 Å². The first-order valence-corrected chi connectivity index (χ1v) is 3.03. The Morgan fingerprint density at radius 3 is 2.00 bits per heavy atom. The largest absolute Gasteiger partial charge is 0.387 e. The summed E-state index contributed by atoms with van der Waals surface area (Å²) < 4.78 is 4.43. The normalized spacial score (nSPS) is 44.3. The van der Waals surface area contributed by atoms with E-state index in [4.69, 9.17) is 21.1 Å². The molecule has 5 N–H and O–H groups in total. The van der Waals surface area contributed by atoms with Crippen molar-refractivity contribution in [3.63, 3.8) is 0 Å². The predicted octanol–water partition coefficient (Wildman–Crippen LogP) is -3.09. The predicted molar refractivity (Wildman–Crippen MR) is 32.1 cm³/mol. The van der Waals surface area contributed by atoms with Gasteiger partial charge in [0.05, 0.1) is 0 Å². The lowest BCUT2D eigenvalue weighted by Gasteiger charge is -2.09. The molecule has 0 radical (unpaired) electrons. The molecule has 0 aromatic rings. The summed E-state index contributed by atoms with van der Waals surface area (Å²) in [6, 6.07) is 0. The highest BCUT2D eigenvalue weighted by Gasteiger charge is 2.44. The molecule has 1 amide bonds. The molecule has 1 unspecified atom stereocenters. The van der Waals surface area contributed by atoms with E-state index >= 15 is 0 Å². The van der Waals surface area contributed by atoms with E-state index in [1.54, 1.807) is 0 Å². The van der Waals surface area contributed by atoms with Crippen LogP contribution >= 0.6 is 0 Å². The second kappa shape index (κ2) is 2.74. The van der Waals surface area contributed by atoms with Gasteiger partial charge in [-0.3, -0.25) is 4.79 Å². The van der Waals surface area contributed by atoms with Gasteiger partial charge in [0, 0.05) is 0 Å². The fourth-order valence-corrected chi connectivity index (χ4v) is 0.894. The maximum Gasteiger partial charge on any atom is 0.249 e. The Hall–Kier alpha value is -0.690. The first-order valence-electron chi connectivity index (χ1n) is 3.03. The van der Waals surface area contributed by atoms with Gasteiger partial charge in [-0.15, -0.1) is 0 Å². The Morgan fingerprint density at radius 2 is 1.82 bits per heavy atom. The molecule has 1 aliphatic rings. The van der Waals surface area contributed by atoms with Gasteiger partial charge < -0.3 is 25.8 Å². The molecule has 0 aromatic carbocycles. The van der Waals surface area contributed by atoms with Crippen molar-refractivity contribution in [2.24, 2.45) is 5.73 Å². The molecule has 6 heteroatoms. The fourth-order valence-electron chi connectivity index (χ4n) is 0.894. The van der Waals surface area contributed by atoms with Crippen LogP contribution < -0.4 is 5.73 Å². The Morgan fingerprint density at radius 1 is 1.27 bits per heavy atom. The molecular weight excluding hydrogens is 154 g/mol. The van der Waals surface area contributed by atoms with Gasteiger partial charge in [0.15, 0.2) is 12.4 Å². The van der Waals surface area contributed by atoms with Gasteiger partial charge in [0.1, 0.15) is 12.2 Å². The number of aliphatic hydroxyl groups excluding tert-OH is 3. The van der Waals surface area contributed by atoms with Crippen LogP contribution in [0.1, 0.15) is 0 Å². The van der Waals surface area contributed by atoms with Crippen LogP contribution in [-0.2, 0) is 9.53 Å². The Balaban J connectivity index is 2.67. The third kappa shape index (κ3) is 1.33. The summed E-state index contributed by atoms with van der Waals surface area (Å²) in [4.78, 5) is 10.4. The summed E-state index contributed by atoms with van der Waals surface area (Å²) in [6.45, 7) is 0. The van der Waals surface area contributed by atoms with Crippen LogP contribution in [0.5, 0.6) is 0 Å². The Kier molecular flexibility index (Phi) is 2.10. The van der Waals surface area contributed by atoms with E-state index in [0.717, 1.165) is 0 Å². The number of nitrogens with two attached hydrogens (primary N) is 1. The first kappa shape index (κ1) is 8.41. The van der Waals surface area contributed by atoms with Crippen molar-refractivity contribution in [1.29, 1.82) is 0 Å². The molecule has 0 spiro atoms. The highest BCUT2D eigenvalue weighted by molar-refractivity contribution is 5.80. The van der Waals surface area contributed by atoms with Gasteiger partial charge in [-0.2, -0.15) is 0 Å². The molecule has 1 fully saturated rings. The maximum absolute atomic E-state index is 10.4. The summed E-state index contributed by atoms with van der Waals surface area (Å²) in [5.74, 6) is -0.909. The molecule has 64 valence electrons. The topological polar surface area (TPSA) is 113 Å². The number of primary amides is 1. The van der Waals surface area contributed by atoms with E-state index in [1.807, 2.05) is 0 Å². The molecule has 1 saturated heterocycles. The lowest BCUT2D eigenvalue weighted by Crippen LogP contribution is -2.39. The minimum Gasteiger partial charge on any atom is -0.387 e. The van der Waals surface area contributed by atoms with Crippen molar-refractivity contribution in [2.75, 3.05) is 0 Å². The van der Waals surface area contributed by atoms with E-state index in [2.05, 4.69) is 4.74 Å². The third-order valence-electron chi connectivity index (χ3n) is 1.52. The highest BCUT2D eigenvalue weighted by atomic mass is 16.6. The molecular formula is C5H9NO5. The second-order valence-corrected chi connectivity index (χ2v) is 2.33. The molecule has 0 saturated carbocycles. The van der Waals surface area contributed by atoms with Gasteiger partial charge >= 0.3 is 0 Å². The molecule has 11 heavy (non-hydrogen) atoms. The number of amides is 1. The fraction of sp³-hybridized carbons (Fsp3) is 0.800. The Bertz CT molecular complexity index is 172. The lowest BCUT2D eigenvalue weighted by atomic mass is 10.1. The van der Waals surface area contributed by atoms with Crippen molar-refractivity contribution < 1.29 is 24.9 Å². The second-order valence-electron chi connectivity index (χ2n) is 2.33. The van der Waals surface area contributed by atoms with Gasteiger partial charge in [0.25, 0.3) is 0 Å². The maximum atomic E-state index is 10.4. The van der Waals surface area contributed by atoms with Crippen LogP contribution in [0.15, 0.2) is 0 Å². The third-order valence-corrected chi connectivity index (χ3v) is 1.52. The summed E-state index contributed by atoms with van der Waals surface area (Å²) in [6.07, 6.45) is -5.77. The zero-order valence-corrected chi connectivity index (χ0v) is 5.54. The molecule has 1 heterocycles. The average Bonchev–Trinajstić information content (AvgIpc) is 2.17. The minimum atomic E-state index is -1.54. The number of aliphatic hydroxyl groups is 3. The SMILES string of the molecule is NC(=O)[C@H]1OC(O)[C@H](O)[C@@H]1O. The lowest BCUT2D eigenvalue weighted by molar-refractivity contribution is -0.148. The first-order chi connectivity index (χ1) is 5.04. The van der Waals surface area contributed by atoms with Crippen molar-refractivity contribution in [1.82, 2.24) is 0 Å². The van der Waals surface area contributed by atoms with E-state index < -0.39 is 30.5 Å². The number of ether oxygens (including phenoxy) is 1. The number of carbonyl (C=O) groups excluding carboxylic acids is 1. The monoisotopic (exact) mass is 163 g/mol. The number of hydrogen-bond donors (Lipinski definition) is 4. The number of carbonyl (C=O) groups is 1. The van der Waals surface area contributed by atoms with Gasteiger partial charge in [-0.05, 0) is 0 Å². The van der Waals surface area contributed by atoms with Gasteiger partial charge in [-0.25, -0.2) is 0 Å². The van der Waals surface area contributed by atoms with Crippen LogP contribution in [0.2, 0.25) is 0 Å². The highest BCUT2D eigenvalue weighted by Crippen LogP contribution is 2.18. The number of hydrogen-bond acceptors (Lipinski definition) is 5. The minimum absolute atomic E-state index is 0.909. The van der Waals surface area contributed by atoms with Crippen molar-refractivity contribution in [2.45, 2.75) is 24.6 Å². The zero-order chi connectivity index (χ0) is 8.59.